The van der Waals surface area contributed by atoms with Crippen LogP contribution in [0, 0.1) is 0 Å². The zero-order valence-corrected chi connectivity index (χ0v) is 9.22. The van der Waals surface area contributed by atoms with E-state index in [1.54, 1.807) is 6.26 Å². The van der Waals surface area contributed by atoms with Crippen molar-refractivity contribution in [3.8, 4) is 0 Å². The topological polar surface area (TPSA) is 16.4 Å². The highest BCUT2D eigenvalue weighted by atomic mass is 79.9. The molecule has 0 bridgehead atoms. The zero-order chi connectivity index (χ0) is 9.10. The summed E-state index contributed by atoms with van der Waals surface area (Å²) in [7, 11) is 0. The first kappa shape index (κ1) is 9.28. The summed E-state index contributed by atoms with van der Waals surface area (Å²) < 4.78 is 6.47. The average molecular weight is 244 g/mol. The Morgan fingerprint density at radius 3 is 2.69 bits per heavy atom. The average Bonchev–Trinajstić information content (AvgIpc) is 2.54. The smallest absolute Gasteiger partial charge is 0.131 e. The van der Waals surface area contributed by atoms with E-state index in [1.807, 2.05) is 6.07 Å². The molecule has 0 unspecified atom stereocenters. The molecule has 0 N–H and O–H groups in total. The molecule has 2 nitrogen and oxygen atoms in total. The molecule has 1 aliphatic rings. The van der Waals surface area contributed by atoms with Crippen molar-refractivity contribution in [2.24, 2.45) is 0 Å². The molecule has 0 radical (unpaired) electrons. The lowest BCUT2D eigenvalue weighted by atomic mass is 10.1. The SMILES string of the molecule is Brc1ccoc1CN1CCCCC1. The third kappa shape index (κ3) is 2.35. The van der Waals surface area contributed by atoms with E-state index in [1.165, 1.54) is 32.4 Å². The van der Waals surface area contributed by atoms with E-state index in [0.29, 0.717) is 0 Å². The largest absolute Gasteiger partial charge is 0.467 e. The van der Waals surface area contributed by atoms with E-state index in [4.69, 9.17) is 4.42 Å². The van der Waals surface area contributed by atoms with E-state index < -0.39 is 0 Å². The lowest BCUT2D eigenvalue weighted by Gasteiger charge is -2.25. The summed E-state index contributed by atoms with van der Waals surface area (Å²) in [6.07, 6.45) is 5.79. The zero-order valence-electron chi connectivity index (χ0n) is 7.63. The first-order valence-electron chi connectivity index (χ1n) is 4.80. The molecule has 0 atom stereocenters. The minimum absolute atomic E-state index is 0.952. The van der Waals surface area contributed by atoms with Gasteiger partial charge in [-0.2, -0.15) is 0 Å². The van der Waals surface area contributed by atoms with Gasteiger partial charge in [0.2, 0.25) is 0 Å². The Hall–Kier alpha value is -0.280. The van der Waals surface area contributed by atoms with Crippen LogP contribution in [0.15, 0.2) is 21.2 Å². The van der Waals surface area contributed by atoms with Gasteiger partial charge < -0.3 is 4.42 Å². The molecular formula is C10H14BrNO. The lowest BCUT2D eigenvalue weighted by molar-refractivity contribution is 0.204. The summed E-state index contributed by atoms with van der Waals surface area (Å²) in [6, 6.07) is 1.96. The van der Waals surface area contributed by atoms with E-state index in [9.17, 15) is 0 Å². The number of piperidine rings is 1. The van der Waals surface area contributed by atoms with Gasteiger partial charge in [-0.15, -0.1) is 0 Å². The van der Waals surface area contributed by atoms with Gasteiger partial charge in [0.05, 0.1) is 17.3 Å². The van der Waals surface area contributed by atoms with Crippen LogP contribution in [0.25, 0.3) is 0 Å². The quantitative estimate of drug-likeness (QED) is 0.795. The van der Waals surface area contributed by atoms with Gasteiger partial charge in [0.25, 0.3) is 0 Å². The first-order chi connectivity index (χ1) is 6.36. The summed E-state index contributed by atoms with van der Waals surface area (Å²) in [5, 5.41) is 0. The van der Waals surface area contributed by atoms with E-state index in [-0.39, 0.29) is 0 Å². The third-order valence-corrected chi connectivity index (χ3v) is 3.21. The van der Waals surface area contributed by atoms with Crippen molar-refractivity contribution in [3.63, 3.8) is 0 Å². The van der Waals surface area contributed by atoms with Gasteiger partial charge in [0.15, 0.2) is 0 Å². The van der Waals surface area contributed by atoms with Crippen LogP contribution in [0.2, 0.25) is 0 Å². The van der Waals surface area contributed by atoms with Crippen molar-refractivity contribution in [1.29, 1.82) is 0 Å². The number of rotatable bonds is 2. The highest BCUT2D eigenvalue weighted by Crippen LogP contribution is 2.21. The van der Waals surface area contributed by atoms with Crippen LogP contribution >= 0.6 is 15.9 Å². The normalized spacial score (nSPS) is 19.2. The predicted octanol–water partition coefficient (Wildman–Crippen LogP) is 3.03. The molecule has 2 rings (SSSR count). The van der Waals surface area contributed by atoms with Crippen LogP contribution in [0.1, 0.15) is 25.0 Å². The van der Waals surface area contributed by atoms with Gasteiger partial charge in [-0.05, 0) is 47.9 Å². The number of halogens is 1. The van der Waals surface area contributed by atoms with Crippen molar-refractivity contribution < 1.29 is 4.42 Å². The maximum absolute atomic E-state index is 5.38. The molecule has 0 aliphatic carbocycles. The van der Waals surface area contributed by atoms with Crippen molar-refractivity contribution in [2.75, 3.05) is 13.1 Å². The fourth-order valence-electron chi connectivity index (χ4n) is 1.76. The molecule has 2 heterocycles. The molecule has 1 aromatic heterocycles. The monoisotopic (exact) mass is 243 g/mol. The summed E-state index contributed by atoms with van der Waals surface area (Å²) in [5.41, 5.74) is 0. The molecule has 1 saturated heterocycles. The van der Waals surface area contributed by atoms with E-state index in [0.717, 1.165) is 16.8 Å². The minimum atomic E-state index is 0.952. The summed E-state index contributed by atoms with van der Waals surface area (Å²) in [6.45, 7) is 3.38. The summed E-state index contributed by atoms with van der Waals surface area (Å²) in [5.74, 6) is 1.06. The number of furan rings is 1. The summed E-state index contributed by atoms with van der Waals surface area (Å²) >= 11 is 3.47. The second kappa shape index (κ2) is 4.29. The number of hydrogen-bond donors (Lipinski definition) is 0. The Morgan fingerprint density at radius 1 is 1.31 bits per heavy atom. The molecule has 0 spiro atoms. The van der Waals surface area contributed by atoms with Crippen molar-refractivity contribution in [3.05, 3.63) is 22.6 Å². The number of likely N-dealkylation sites (tertiary alicyclic amines) is 1. The molecule has 0 saturated carbocycles. The number of hydrogen-bond acceptors (Lipinski definition) is 2. The fraction of sp³-hybridized carbons (Fsp3) is 0.600. The van der Waals surface area contributed by atoms with E-state index >= 15 is 0 Å². The fourth-order valence-corrected chi connectivity index (χ4v) is 2.09. The molecule has 1 aliphatic heterocycles. The van der Waals surface area contributed by atoms with Gasteiger partial charge in [-0.1, -0.05) is 6.42 Å². The van der Waals surface area contributed by atoms with Crippen LogP contribution in [0.4, 0.5) is 0 Å². The first-order valence-corrected chi connectivity index (χ1v) is 5.60. The molecule has 72 valence electrons. The van der Waals surface area contributed by atoms with Gasteiger partial charge in [-0.3, -0.25) is 4.90 Å². The van der Waals surface area contributed by atoms with Crippen LogP contribution in [-0.4, -0.2) is 18.0 Å². The van der Waals surface area contributed by atoms with Gasteiger partial charge in [0, 0.05) is 0 Å². The van der Waals surface area contributed by atoms with Gasteiger partial charge in [-0.25, -0.2) is 0 Å². The van der Waals surface area contributed by atoms with Crippen LogP contribution < -0.4 is 0 Å². The standard InChI is InChI=1S/C10H14BrNO/c11-9-4-7-13-10(9)8-12-5-2-1-3-6-12/h4,7H,1-3,5-6,8H2. The lowest BCUT2D eigenvalue weighted by Crippen LogP contribution is -2.28. The van der Waals surface area contributed by atoms with Crippen LogP contribution in [0.5, 0.6) is 0 Å². The van der Waals surface area contributed by atoms with Gasteiger partial charge >= 0.3 is 0 Å². The van der Waals surface area contributed by atoms with Crippen molar-refractivity contribution in [1.82, 2.24) is 4.90 Å². The Balaban J connectivity index is 1.93. The predicted molar refractivity (Wildman–Crippen MR) is 55.5 cm³/mol. The van der Waals surface area contributed by atoms with E-state index in [2.05, 4.69) is 20.8 Å². The Morgan fingerprint density at radius 2 is 2.08 bits per heavy atom. The van der Waals surface area contributed by atoms with Crippen molar-refractivity contribution >= 4 is 15.9 Å². The summed E-state index contributed by atoms with van der Waals surface area (Å²) in [4.78, 5) is 2.45. The Labute approximate surface area is 87.0 Å². The highest BCUT2D eigenvalue weighted by Gasteiger charge is 2.13. The maximum Gasteiger partial charge on any atom is 0.131 e. The molecule has 1 aromatic rings. The third-order valence-electron chi connectivity index (χ3n) is 2.51. The van der Waals surface area contributed by atoms with Crippen LogP contribution in [-0.2, 0) is 6.54 Å². The number of nitrogens with zero attached hydrogens (tertiary/aromatic N) is 1. The highest BCUT2D eigenvalue weighted by molar-refractivity contribution is 9.10. The van der Waals surface area contributed by atoms with Gasteiger partial charge in [0.1, 0.15) is 5.76 Å². The second-order valence-electron chi connectivity index (χ2n) is 3.53. The molecule has 3 heteroatoms. The molecule has 0 amide bonds. The Bertz CT molecular complexity index is 266. The molecular weight excluding hydrogens is 230 g/mol. The van der Waals surface area contributed by atoms with Crippen molar-refractivity contribution in [2.45, 2.75) is 25.8 Å². The maximum atomic E-state index is 5.38. The molecule has 1 fully saturated rings. The minimum Gasteiger partial charge on any atom is -0.467 e. The van der Waals surface area contributed by atoms with Crippen LogP contribution in [0.3, 0.4) is 0 Å². The second-order valence-corrected chi connectivity index (χ2v) is 4.38. The Kier molecular flexibility index (Phi) is 3.06. The molecule has 13 heavy (non-hydrogen) atoms. The molecule has 0 aromatic carbocycles.